The molecule has 1 aliphatic heterocycles. The highest BCUT2D eigenvalue weighted by molar-refractivity contribution is 5.99. The average molecular weight is 372 g/mol. The second-order valence-corrected chi connectivity index (χ2v) is 7.93. The van der Waals surface area contributed by atoms with Crippen molar-refractivity contribution in [3.05, 3.63) is 77.9 Å². The van der Waals surface area contributed by atoms with Crippen LogP contribution in [0.1, 0.15) is 28.8 Å². The molecule has 3 unspecified atom stereocenters. The van der Waals surface area contributed by atoms with Crippen molar-refractivity contribution in [2.45, 2.75) is 31.5 Å². The number of rotatable bonds is 5. The molecule has 1 heterocycles. The molecule has 3 atom stereocenters. The predicted octanol–water partition coefficient (Wildman–Crippen LogP) is 3.90. The number of fused-ring (bicyclic) bond motifs is 3. The summed E-state index contributed by atoms with van der Waals surface area (Å²) in [5.74, 6) is 1.54. The maximum atomic E-state index is 12.7. The fourth-order valence-electron chi connectivity index (χ4n) is 4.46. The van der Waals surface area contributed by atoms with E-state index in [0.717, 1.165) is 41.0 Å². The lowest BCUT2D eigenvalue weighted by Gasteiger charge is -2.24. The van der Waals surface area contributed by atoms with E-state index in [4.69, 9.17) is 4.74 Å². The Morgan fingerprint density at radius 1 is 1.00 bits per heavy atom. The van der Waals surface area contributed by atoms with Gasteiger partial charge in [0, 0.05) is 17.6 Å². The van der Waals surface area contributed by atoms with Gasteiger partial charge in [-0.05, 0) is 65.9 Å². The Labute approximate surface area is 164 Å². The first-order valence-electron chi connectivity index (χ1n) is 9.99. The lowest BCUT2D eigenvalue weighted by Crippen LogP contribution is -2.47. The Balaban J connectivity index is 1.30. The third-order valence-corrected chi connectivity index (χ3v) is 5.97. The van der Waals surface area contributed by atoms with Gasteiger partial charge in [0.25, 0.3) is 5.91 Å². The van der Waals surface area contributed by atoms with Gasteiger partial charge in [0.05, 0.1) is 0 Å². The molecule has 3 aromatic carbocycles. The molecule has 1 amide bonds. The largest absolute Gasteiger partial charge is 0.489 e. The van der Waals surface area contributed by atoms with Crippen LogP contribution in [0.2, 0.25) is 0 Å². The minimum atomic E-state index is 0.0110. The summed E-state index contributed by atoms with van der Waals surface area (Å²) in [5, 5.41) is 8.84. The molecular weight excluding hydrogens is 348 g/mol. The number of nitrogens with one attached hydrogen (secondary N) is 2. The van der Waals surface area contributed by atoms with E-state index < -0.39 is 0 Å². The minimum Gasteiger partial charge on any atom is -0.489 e. The highest BCUT2D eigenvalue weighted by Gasteiger charge is 2.40. The highest BCUT2D eigenvalue weighted by Crippen LogP contribution is 2.31. The lowest BCUT2D eigenvalue weighted by atomic mass is 10.0. The zero-order chi connectivity index (χ0) is 18.9. The lowest BCUT2D eigenvalue weighted by molar-refractivity contribution is 0.0928. The molecule has 1 saturated heterocycles. The molecular formula is C24H24N2O2. The summed E-state index contributed by atoms with van der Waals surface area (Å²) in [5.41, 5.74) is 1.84. The molecule has 142 valence electrons. The minimum absolute atomic E-state index is 0.0110. The fourth-order valence-corrected chi connectivity index (χ4v) is 4.46. The van der Waals surface area contributed by atoms with Crippen LogP contribution in [0.15, 0.2) is 66.7 Å². The number of ether oxygens (including phenoxy) is 1. The number of piperidine rings is 1. The molecule has 2 bridgehead atoms. The fraction of sp³-hybridized carbons (Fsp3) is 0.292. The molecule has 1 aliphatic carbocycles. The monoisotopic (exact) mass is 372 g/mol. The molecule has 2 N–H and O–H groups in total. The molecule has 0 spiro atoms. The smallest absolute Gasteiger partial charge is 0.251 e. The van der Waals surface area contributed by atoms with Crippen LogP contribution < -0.4 is 15.4 Å². The van der Waals surface area contributed by atoms with Gasteiger partial charge < -0.3 is 15.4 Å². The van der Waals surface area contributed by atoms with Gasteiger partial charge in [-0.3, -0.25) is 4.79 Å². The van der Waals surface area contributed by atoms with Gasteiger partial charge in [-0.15, -0.1) is 0 Å². The van der Waals surface area contributed by atoms with Crippen molar-refractivity contribution in [3.8, 4) is 5.75 Å². The SMILES string of the molecule is O=C(NC1CC2CNC1C2)c1ccc2ccc(OCc3ccccc3)cc2c1. The van der Waals surface area contributed by atoms with Crippen molar-refractivity contribution in [2.75, 3.05) is 6.54 Å². The topological polar surface area (TPSA) is 50.4 Å². The second kappa shape index (κ2) is 7.28. The van der Waals surface area contributed by atoms with Crippen LogP contribution in [0, 0.1) is 5.92 Å². The van der Waals surface area contributed by atoms with E-state index >= 15 is 0 Å². The number of carbonyl (C=O) groups excluding carboxylic acids is 1. The van der Waals surface area contributed by atoms with Crippen LogP contribution >= 0.6 is 0 Å². The van der Waals surface area contributed by atoms with Gasteiger partial charge in [0.15, 0.2) is 0 Å². The molecule has 3 aromatic rings. The molecule has 4 nitrogen and oxygen atoms in total. The van der Waals surface area contributed by atoms with Crippen LogP contribution in [0.5, 0.6) is 5.75 Å². The maximum absolute atomic E-state index is 12.7. The normalized spacial score (nSPS) is 23.1. The number of hydrogen-bond acceptors (Lipinski definition) is 3. The van der Waals surface area contributed by atoms with Crippen LogP contribution in [-0.4, -0.2) is 24.5 Å². The average Bonchev–Trinajstić information content (AvgIpc) is 3.35. The molecule has 4 heteroatoms. The first-order valence-corrected chi connectivity index (χ1v) is 9.99. The van der Waals surface area contributed by atoms with Crippen molar-refractivity contribution in [1.82, 2.24) is 10.6 Å². The third kappa shape index (κ3) is 3.48. The molecule has 0 aromatic heterocycles. The zero-order valence-corrected chi connectivity index (χ0v) is 15.7. The third-order valence-electron chi connectivity index (χ3n) is 5.97. The molecule has 2 aliphatic rings. The Hall–Kier alpha value is -2.85. The summed E-state index contributed by atoms with van der Waals surface area (Å²) < 4.78 is 5.93. The Bertz CT molecular complexity index is 1000. The number of carbonyl (C=O) groups is 1. The summed E-state index contributed by atoms with van der Waals surface area (Å²) in [6, 6.07) is 22.7. The van der Waals surface area contributed by atoms with E-state index in [2.05, 4.69) is 10.6 Å². The maximum Gasteiger partial charge on any atom is 0.251 e. The molecule has 1 saturated carbocycles. The van der Waals surface area contributed by atoms with E-state index in [9.17, 15) is 4.79 Å². The van der Waals surface area contributed by atoms with E-state index in [0.29, 0.717) is 18.2 Å². The summed E-state index contributed by atoms with van der Waals surface area (Å²) in [7, 11) is 0. The van der Waals surface area contributed by atoms with E-state index in [-0.39, 0.29) is 11.9 Å². The zero-order valence-electron chi connectivity index (χ0n) is 15.7. The summed E-state index contributed by atoms with van der Waals surface area (Å²) in [4.78, 5) is 12.7. The van der Waals surface area contributed by atoms with Crippen LogP contribution in [0.3, 0.4) is 0 Å². The highest BCUT2D eigenvalue weighted by atomic mass is 16.5. The van der Waals surface area contributed by atoms with Crippen molar-refractivity contribution < 1.29 is 9.53 Å². The van der Waals surface area contributed by atoms with E-state index in [1.54, 1.807) is 0 Å². The Morgan fingerprint density at radius 3 is 2.64 bits per heavy atom. The van der Waals surface area contributed by atoms with Gasteiger partial charge in [-0.2, -0.15) is 0 Å². The number of hydrogen-bond donors (Lipinski definition) is 2. The van der Waals surface area contributed by atoms with Crippen LogP contribution in [0.25, 0.3) is 10.8 Å². The molecule has 28 heavy (non-hydrogen) atoms. The van der Waals surface area contributed by atoms with Crippen LogP contribution in [0.4, 0.5) is 0 Å². The van der Waals surface area contributed by atoms with E-state index in [1.807, 2.05) is 66.7 Å². The molecule has 5 rings (SSSR count). The van der Waals surface area contributed by atoms with E-state index in [1.165, 1.54) is 6.42 Å². The molecule has 2 fully saturated rings. The Morgan fingerprint density at radius 2 is 1.86 bits per heavy atom. The van der Waals surface area contributed by atoms with Crippen molar-refractivity contribution in [3.63, 3.8) is 0 Å². The summed E-state index contributed by atoms with van der Waals surface area (Å²) >= 11 is 0. The van der Waals surface area contributed by atoms with Gasteiger partial charge in [-0.1, -0.05) is 42.5 Å². The predicted molar refractivity (Wildman–Crippen MR) is 110 cm³/mol. The molecule has 0 radical (unpaired) electrons. The standard InChI is InChI=1S/C24H24N2O2/c27-24(26-23-11-17-10-22(23)25-14-17)19-7-6-18-8-9-21(13-20(18)12-19)28-15-16-4-2-1-3-5-16/h1-9,12-13,17,22-23,25H,10-11,14-15H2,(H,26,27). The van der Waals surface area contributed by atoms with Crippen molar-refractivity contribution >= 4 is 16.7 Å². The first kappa shape index (κ1) is 17.3. The van der Waals surface area contributed by atoms with Gasteiger partial charge in [0.1, 0.15) is 12.4 Å². The second-order valence-electron chi connectivity index (χ2n) is 7.93. The van der Waals surface area contributed by atoms with Gasteiger partial charge >= 0.3 is 0 Å². The number of amides is 1. The quantitative estimate of drug-likeness (QED) is 0.714. The first-order chi connectivity index (χ1) is 13.7. The van der Waals surface area contributed by atoms with Crippen LogP contribution in [-0.2, 0) is 6.61 Å². The summed E-state index contributed by atoms with van der Waals surface area (Å²) in [6.07, 6.45) is 2.28. The van der Waals surface area contributed by atoms with Gasteiger partial charge in [-0.25, -0.2) is 0 Å². The Kier molecular flexibility index (Phi) is 4.49. The van der Waals surface area contributed by atoms with Crippen molar-refractivity contribution in [1.29, 1.82) is 0 Å². The summed E-state index contributed by atoms with van der Waals surface area (Å²) in [6.45, 7) is 1.63. The van der Waals surface area contributed by atoms with Crippen molar-refractivity contribution in [2.24, 2.45) is 5.92 Å². The van der Waals surface area contributed by atoms with Gasteiger partial charge in [0.2, 0.25) is 0 Å². The number of benzene rings is 3.